The SMILES string of the molecule is CC1(C)CC1C(=O)c1c[nH]c2cccc([N+](=O)[O-])c12. The van der Waals surface area contributed by atoms with E-state index in [2.05, 4.69) is 4.98 Å². The van der Waals surface area contributed by atoms with E-state index in [0.717, 1.165) is 6.42 Å². The zero-order chi connectivity index (χ0) is 13.8. The standard InChI is InChI=1S/C14H14N2O3/c1-14(2)6-9(14)13(17)8-7-15-10-4-3-5-11(12(8)10)16(18)19/h3-5,7,9,15H,6H2,1-2H3. The molecule has 1 aliphatic carbocycles. The molecule has 0 saturated heterocycles. The lowest BCUT2D eigenvalue weighted by atomic mass is 10.00. The van der Waals surface area contributed by atoms with Gasteiger partial charge in [-0.1, -0.05) is 19.9 Å². The average Bonchev–Trinajstić information content (AvgIpc) is 2.82. The number of rotatable bonds is 3. The Morgan fingerprint density at radius 2 is 2.16 bits per heavy atom. The minimum atomic E-state index is -0.439. The van der Waals surface area contributed by atoms with Gasteiger partial charge in [0.2, 0.25) is 0 Å². The lowest BCUT2D eigenvalue weighted by molar-refractivity contribution is -0.383. The molecule has 0 amide bonds. The van der Waals surface area contributed by atoms with Crippen LogP contribution in [-0.4, -0.2) is 15.7 Å². The second kappa shape index (κ2) is 3.66. The monoisotopic (exact) mass is 258 g/mol. The summed E-state index contributed by atoms with van der Waals surface area (Å²) >= 11 is 0. The van der Waals surface area contributed by atoms with Crippen LogP contribution >= 0.6 is 0 Å². The Hall–Kier alpha value is -2.17. The first-order valence-electron chi connectivity index (χ1n) is 6.20. The zero-order valence-corrected chi connectivity index (χ0v) is 10.8. The normalized spacial score (nSPS) is 20.4. The molecule has 5 heteroatoms. The fraction of sp³-hybridized carbons (Fsp3) is 0.357. The number of nitrogens with zero attached hydrogens (tertiary/aromatic N) is 1. The van der Waals surface area contributed by atoms with E-state index in [1.807, 2.05) is 13.8 Å². The molecule has 1 saturated carbocycles. The van der Waals surface area contributed by atoms with Crippen LogP contribution in [0, 0.1) is 21.4 Å². The number of carbonyl (C=O) groups is 1. The number of benzene rings is 1. The molecule has 2 aromatic rings. The average molecular weight is 258 g/mol. The number of ketones is 1. The van der Waals surface area contributed by atoms with Crippen molar-refractivity contribution in [3.05, 3.63) is 40.1 Å². The van der Waals surface area contributed by atoms with E-state index in [1.165, 1.54) is 6.07 Å². The van der Waals surface area contributed by atoms with Crippen molar-refractivity contribution in [2.75, 3.05) is 0 Å². The van der Waals surface area contributed by atoms with Crippen LogP contribution in [0.15, 0.2) is 24.4 Å². The van der Waals surface area contributed by atoms with Crippen LogP contribution in [0.2, 0.25) is 0 Å². The first-order chi connectivity index (χ1) is 8.92. The Morgan fingerprint density at radius 1 is 1.47 bits per heavy atom. The van der Waals surface area contributed by atoms with Gasteiger partial charge in [-0.2, -0.15) is 0 Å². The summed E-state index contributed by atoms with van der Waals surface area (Å²) in [6.45, 7) is 4.08. The summed E-state index contributed by atoms with van der Waals surface area (Å²) < 4.78 is 0. The molecule has 3 rings (SSSR count). The molecule has 1 N–H and O–H groups in total. The molecule has 1 unspecified atom stereocenters. The number of Topliss-reactive ketones (excluding diaryl/α,β-unsaturated/α-hetero) is 1. The van der Waals surface area contributed by atoms with Crippen molar-refractivity contribution in [1.29, 1.82) is 0 Å². The molecular weight excluding hydrogens is 244 g/mol. The van der Waals surface area contributed by atoms with Gasteiger partial charge in [0.05, 0.1) is 21.4 Å². The molecule has 1 fully saturated rings. The highest BCUT2D eigenvalue weighted by Gasteiger charge is 2.51. The van der Waals surface area contributed by atoms with Crippen molar-refractivity contribution in [3.63, 3.8) is 0 Å². The van der Waals surface area contributed by atoms with Gasteiger partial charge in [-0.05, 0) is 17.9 Å². The number of nitro groups is 1. The first-order valence-corrected chi connectivity index (χ1v) is 6.20. The number of carbonyl (C=O) groups excluding carboxylic acids is 1. The van der Waals surface area contributed by atoms with E-state index in [0.29, 0.717) is 16.5 Å². The van der Waals surface area contributed by atoms with Crippen LogP contribution in [0.3, 0.4) is 0 Å². The second-order valence-electron chi connectivity index (χ2n) is 5.77. The zero-order valence-electron chi connectivity index (χ0n) is 10.8. The highest BCUT2D eigenvalue weighted by atomic mass is 16.6. The maximum atomic E-state index is 12.4. The van der Waals surface area contributed by atoms with Gasteiger partial charge in [0.15, 0.2) is 5.78 Å². The predicted octanol–water partition coefficient (Wildman–Crippen LogP) is 3.30. The third kappa shape index (κ3) is 1.73. The maximum absolute atomic E-state index is 12.4. The van der Waals surface area contributed by atoms with Crippen LogP contribution < -0.4 is 0 Å². The van der Waals surface area contributed by atoms with Crippen molar-refractivity contribution in [2.24, 2.45) is 11.3 Å². The molecule has 98 valence electrons. The van der Waals surface area contributed by atoms with Crippen LogP contribution in [0.4, 0.5) is 5.69 Å². The number of aromatic nitrogens is 1. The fourth-order valence-corrected chi connectivity index (χ4v) is 2.61. The summed E-state index contributed by atoms with van der Waals surface area (Å²) in [5.74, 6) is -0.0168. The van der Waals surface area contributed by atoms with Gasteiger partial charge in [0, 0.05) is 18.2 Å². The summed E-state index contributed by atoms with van der Waals surface area (Å²) in [4.78, 5) is 26.0. The van der Waals surface area contributed by atoms with E-state index in [4.69, 9.17) is 0 Å². The summed E-state index contributed by atoms with van der Waals surface area (Å²) in [6.07, 6.45) is 2.44. The lowest BCUT2D eigenvalue weighted by Crippen LogP contribution is -2.06. The Bertz CT molecular complexity index is 700. The van der Waals surface area contributed by atoms with E-state index in [-0.39, 0.29) is 22.8 Å². The summed E-state index contributed by atoms with van der Waals surface area (Å²) in [5, 5.41) is 11.5. The van der Waals surface area contributed by atoms with E-state index in [9.17, 15) is 14.9 Å². The summed E-state index contributed by atoms with van der Waals surface area (Å²) in [6, 6.07) is 4.80. The topological polar surface area (TPSA) is 76.0 Å². The van der Waals surface area contributed by atoms with Crippen molar-refractivity contribution in [3.8, 4) is 0 Å². The molecular formula is C14H14N2O3. The van der Waals surface area contributed by atoms with Crippen LogP contribution in [0.25, 0.3) is 10.9 Å². The Balaban J connectivity index is 2.15. The van der Waals surface area contributed by atoms with E-state index >= 15 is 0 Å². The van der Waals surface area contributed by atoms with Crippen LogP contribution in [-0.2, 0) is 0 Å². The Kier molecular flexibility index (Phi) is 2.29. The molecule has 0 spiro atoms. The first kappa shape index (κ1) is 11.9. The molecule has 1 aromatic carbocycles. The largest absolute Gasteiger partial charge is 0.360 e. The van der Waals surface area contributed by atoms with Gasteiger partial charge in [0.25, 0.3) is 5.69 Å². The van der Waals surface area contributed by atoms with Crippen molar-refractivity contribution < 1.29 is 9.72 Å². The van der Waals surface area contributed by atoms with E-state index < -0.39 is 4.92 Å². The van der Waals surface area contributed by atoms with Crippen LogP contribution in [0.1, 0.15) is 30.6 Å². The molecule has 0 aliphatic heterocycles. The van der Waals surface area contributed by atoms with Gasteiger partial charge in [-0.25, -0.2) is 0 Å². The highest BCUT2D eigenvalue weighted by Crippen LogP contribution is 2.53. The Labute approximate surface area is 109 Å². The van der Waals surface area contributed by atoms with Gasteiger partial charge < -0.3 is 4.98 Å². The molecule has 0 radical (unpaired) electrons. The highest BCUT2D eigenvalue weighted by molar-refractivity contribution is 6.12. The smallest absolute Gasteiger partial charge is 0.279 e. The molecule has 0 bridgehead atoms. The Morgan fingerprint density at radius 3 is 2.74 bits per heavy atom. The molecule has 1 aromatic heterocycles. The van der Waals surface area contributed by atoms with E-state index in [1.54, 1.807) is 18.3 Å². The third-order valence-corrected chi connectivity index (χ3v) is 3.98. The number of nitro benzene ring substituents is 1. The predicted molar refractivity (Wildman–Crippen MR) is 71.2 cm³/mol. The van der Waals surface area contributed by atoms with Gasteiger partial charge in [0.1, 0.15) is 0 Å². The van der Waals surface area contributed by atoms with Gasteiger partial charge in [-0.15, -0.1) is 0 Å². The maximum Gasteiger partial charge on any atom is 0.279 e. The minimum Gasteiger partial charge on any atom is -0.360 e. The van der Waals surface area contributed by atoms with Crippen molar-refractivity contribution >= 4 is 22.4 Å². The molecule has 5 nitrogen and oxygen atoms in total. The van der Waals surface area contributed by atoms with Crippen molar-refractivity contribution in [1.82, 2.24) is 4.98 Å². The summed E-state index contributed by atoms with van der Waals surface area (Å²) in [5.41, 5.74) is 1.08. The second-order valence-corrected chi connectivity index (χ2v) is 5.77. The lowest BCUT2D eigenvalue weighted by Gasteiger charge is -2.02. The van der Waals surface area contributed by atoms with Gasteiger partial charge in [-0.3, -0.25) is 14.9 Å². The number of hydrogen-bond acceptors (Lipinski definition) is 3. The van der Waals surface area contributed by atoms with Crippen molar-refractivity contribution in [2.45, 2.75) is 20.3 Å². The number of H-pyrrole nitrogens is 1. The number of nitrogens with one attached hydrogen (secondary N) is 1. The fourth-order valence-electron chi connectivity index (χ4n) is 2.61. The number of aromatic amines is 1. The quantitative estimate of drug-likeness (QED) is 0.521. The number of non-ortho nitro benzene ring substituents is 1. The van der Waals surface area contributed by atoms with Gasteiger partial charge >= 0.3 is 0 Å². The minimum absolute atomic E-state index is 0.00514. The number of fused-ring (bicyclic) bond motifs is 1. The molecule has 1 atom stereocenters. The summed E-state index contributed by atoms with van der Waals surface area (Å²) in [7, 11) is 0. The molecule has 19 heavy (non-hydrogen) atoms. The van der Waals surface area contributed by atoms with Crippen LogP contribution in [0.5, 0.6) is 0 Å². The number of hydrogen-bond donors (Lipinski definition) is 1. The molecule has 1 aliphatic rings. The third-order valence-electron chi connectivity index (χ3n) is 3.98. The molecule has 1 heterocycles.